The molecule has 2 unspecified atom stereocenters. The first-order chi connectivity index (χ1) is 8.18. The van der Waals surface area contributed by atoms with Crippen LogP contribution >= 0.6 is 0 Å². The number of hydrogen-bond donors (Lipinski definition) is 2. The van der Waals surface area contributed by atoms with Gasteiger partial charge in [0.05, 0.1) is 5.54 Å². The number of nitrogens with one attached hydrogen (secondary N) is 2. The second-order valence-corrected chi connectivity index (χ2v) is 5.77. The van der Waals surface area contributed by atoms with E-state index in [1.165, 1.54) is 25.7 Å². The summed E-state index contributed by atoms with van der Waals surface area (Å²) in [5.41, 5.74) is -0.271. The highest BCUT2D eigenvalue weighted by Crippen LogP contribution is 2.29. The van der Waals surface area contributed by atoms with Crippen LogP contribution in [0.15, 0.2) is 0 Å². The quantitative estimate of drug-likeness (QED) is 0.788. The molecule has 1 heterocycles. The molecule has 98 valence electrons. The molecule has 2 fully saturated rings. The monoisotopic (exact) mass is 238 g/mol. The van der Waals surface area contributed by atoms with Gasteiger partial charge >= 0.3 is 0 Å². The molecular weight excluding hydrogens is 212 g/mol. The van der Waals surface area contributed by atoms with Crippen LogP contribution in [0, 0.1) is 5.92 Å². The Morgan fingerprint density at radius 3 is 2.65 bits per heavy atom. The number of carbonyl (C=O) groups is 1. The lowest BCUT2D eigenvalue weighted by atomic mass is 9.91. The topological polar surface area (TPSA) is 41.1 Å². The molecule has 2 rings (SSSR count). The van der Waals surface area contributed by atoms with Crippen LogP contribution in [0.3, 0.4) is 0 Å². The van der Waals surface area contributed by atoms with E-state index < -0.39 is 0 Å². The molecule has 0 aromatic carbocycles. The van der Waals surface area contributed by atoms with Gasteiger partial charge in [-0.3, -0.25) is 4.79 Å². The molecule has 17 heavy (non-hydrogen) atoms. The average Bonchev–Trinajstić information content (AvgIpc) is 3.01. The number of carbonyl (C=O) groups excluding carboxylic acids is 1. The highest BCUT2D eigenvalue weighted by atomic mass is 16.2. The number of hydrogen-bond acceptors (Lipinski definition) is 2. The van der Waals surface area contributed by atoms with Crippen molar-refractivity contribution in [1.29, 1.82) is 0 Å². The van der Waals surface area contributed by atoms with E-state index in [0.717, 1.165) is 25.8 Å². The van der Waals surface area contributed by atoms with Crippen LogP contribution in [0.2, 0.25) is 0 Å². The lowest BCUT2D eigenvalue weighted by molar-refractivity contribution is -0.128. The Balaban J connectivity index is 1.90. The summed E-state index contributed by atoms with van der Waals surface area (Å²) in [5, 5.41) is 6.66. The van der Waals surface area contributed by atoms with Gasteiger partial charge in [0.15, 0.2) is 0 Å². The first-order valence-electron chi connectivity index (χ1n) is 7.24. The van der Waals surface area contributed by atoms with Crippen LogP contribution in [0.1, 0.15) is 58.8 Å². The lowest BCUT2D eigenvalue weighted by Gasteiger charge is -2.30. The Labute approximate surface area is 105 Å². The molecule has 1 aliphatic carbocycles. The fourth-order valence-electron chi connectivity index (χ4n) is 3.38. The molecule has 3 nitrogen and oxygen atoms in total. The van der Waals surface area contributed by atoms with E-state index in [2.05, 4.69) is 24.5 Å². The van der Waals surface area contributed by atoms with Crippen molar-refractivity contribution in [2.24, 2.45) is 5.92 Å². The van der Waals surface area contributed by atoms with Gasteiger partial charge in [0.1, 0.15) is 0 Å². The van der Waals surface area contributed by atoms with E-state index in [0.29, 0.717) is 12.0 Å². The molecule has 0 aromatic heterocycles. The van der Waals surface area contributed by atoms with Gasteiger partial charge < -0.3 is 10.6 Å². The number of amides is 1. The summed E-state index contributed by atoms with van der Waals surface area (Å²) >= 11 is 0. The Bertz CT molecular complexity index is 265. The molecule has 1 amide bonds. The maximum Gasteiger partial charge on any atom is 0.240 e. The zero-order chi connectivity index (χ0) is 12.3. The minimum atomic E-state index is -0.271. The van der Waals surface area contributed by atoms with Gasteiger partial charge in [-0.1, -0.05) is 19.8 Å². The first kappa shape index (κ1) is 12.9. The zero-order valence-electron chi connectivity index (χ0n) is 11.2. The molecular formula is C14H26N2O. The zero-order valence-corrected chi connectivity index (χ0v) is 11.2. The third-order valence-electron chi connectivity index (χ3n) is 4.75. The Morgan fingerprint density at radius 1 is 1.41 bits per heavy atom. The third kappa shape index (κ3) is 2.65. The lowest BCUT2D eigenvalue weighted by Crippen LogP contribution is -2.55. The minimum Gasteiger partial charge on any atom is -0.352 e. The molecule has 2 atom stereocenters. The molecule has 1 saturated heterocycles. The van der Waals surface area contributed by atoms with Gasteiger partial charge in [0.2, 0.25) is 5.91 Å². The van der Waals surface area contributed by atoms with Gasteiger partial charge in [-0.25, -0.2) is 0 Å². The SMILES string of the molecule is CCC1(C(=O)NC(C)C2CCCC2)CCCN1. The van der Waals surface area contributed by atoms with E-state index in [-0.39, 0.29) is 11.4 Å². The predicted octanol–water partition coefficient (Wildman–Crippen LogP) is 2.21. The van der Waals surface area contributed by atoms with E-state index in [1.807, 2.05) is 0 Å². The van der Waals surface area contributed by atoms with E-state index >= 15 is 0 Å². The Hall–Kier alpha value is -0.570. The standard InChI is InChI=1S/C14H26N2O/c1-3-14(9-6-10-15-14)13(17)16-11(2)12-7-4-5-8-12/h11-12,15H,3-10H2,1-2H3,(H,16,17). The fourth-order valence-corrected chi connectivity index (χ4v) is 3.38. The van der Waals surface area contributed by atoms with Gasteiger partial charge in [-0.15, -0.1) is 0 Å². The van der Waals surface area contributed by atoms with Crippen LogP contribution in [0.4, 0.5) is 0 Å². The van der Waals surface area contributed by atoms with Crippen molar-refractivity contribution in [3.05, 3.63) is 0 Å². The van der Waals surface area contributed by atoms with Crippen molar-refractivity contribution >= 4 is 5.91 Å². The van der Waals surface area contributed by atoms with Gasteiger partial charge in [-0.2, -0.15) is 0 Å². The maximum atomic E-state index is 12.4. The molecule has 0 radical (unpaired) electrons. The van der Waals surface area contributed by atoms with Gasteiger partial charge in [0.25, 0.3) is 0 Å². The van der Waals surface area contributed by atoms with Gasteiger partial charge in [-0.05, 0) is 51.5 Å². The van der Waals surface area contributed by atoms with Crippen LogP contribution in [-0.4, -0.2) is 24.0 Å². The predicted molar refractivity (Wildman–Crippen MR) is 69.8 cm³/mol. The Morgan fingerprint density at radius 2 is 2.12 bits per heavy atom. The summed E-state index contributed by atoms with van der Waals surface area (Å²) < 4.78 is 0. The van der Waals surface area contributed by atoms with Crippen LogP contribution in [-0.2, 0) is 4.79 Å². The molecule has 2 aliphatic rings. The molecule has 0 spiro atoms. The largest absolute Gasteiger partial charge is 0.352 e. The summed E-state index contributed by atoms with van der Waals surface area (Å²) in [5.74, 6) is 0.936. The molecule has 0 aromatic rings. The molecule has 1 aliphatic heterocycles. The molecule has 2 N–H and O–H groups in total. The summed E-state index contributed by atoms with van der Waals surface area (Å²) in [6, 6.07) is 0.343. The fraction of sp³-hybridized carbons (Fsp3) is 0.929. The summed E-state index contributed by atoms with van der Waals surface area (Å²) in [4.78, 5) is 12.4. The highest BCUT2D eigenvalue weighted by Gasteiger charge is 2.40. The van der Waals surface area contributed by atoms with Crippen LogP contribution in [0.25, 0.3) is 0 Å². The summed E-state index contributed by atoms with van der Waals surface area (Å²) in [6.07, 6.45) is 8.26. The highest BCUT2D eigenvalue weighted by molar-refractivity contribution is 5.86. The third-order valence-corrected chi connectivity index (χ3v) is 4.75. The summed E-state index contributed by atoms with van der Waals surface area (Å²) in [7, 11) is 0. The molecule has 3 heteroatoms. The summed E-state index contributed by atoms with van der Waals surface area (Å²) in [6.45, 7) is 5.27. The van der Waals surface area contributed by atoms with Crippen LogP contribution in [0.5, 0.6) is 0 Å². The van der Waals surface area contributed by atoms with Crippen molar-refractivity contribution in [3.63, 3.8) is 0 Å². The van der Waals surface area contributed by atoms with E-state index in [1.54, 1.807) is 0 Å². The van der Waals surface area contributed by atoms with Crippen molar-refractivity contribution in [2.75, 3.05) is 6.54 Å². The van der Waals surface area contributed by atoms with Crippen molar-refractivity contribution < 1.29 is 4.79 Å². The van der Waals surface area contributed by atoms with Crippen LogP contribution < -0.4 is 10.6 Å². The van der Waals surface area contributed by atoms with Crippen molar-refractivity contribution in [2.45, 2.75) is 70.4 Å². The van der Waals surface area contributed by atoms with Crippen molar-refractivity contribution in [3.8, 4) is 0 Å². The normalized spacial score (nSPS) is 31.6. The minimum absolute atomic E-state index is 0.233. The van der Waals surface area contributed by atoms with Gasteiger partial charge in [0, 0.05) is 6.04 Å². The Kier molecular flexibility index (Phi) is 4.08. The van der Waals surface area contributed by atoms with E-state index in [4.69, 9.17) is 0 Å². The maximum absolute atomic E-state index is 12.4. The average molecular weight is 238 g/mol. The smallest absolute Gasteiger partial charge is 0.240 e. The molecule has 0 bridgehead atoms. The first-order valence-corrected chi connectivity index (χ1v) is 7.24. The van der Waals surface area contributed by atoms with E-state index in [9.17, 15) is 4.79 Å². The second-order valence-electron chi connectivity index (χ2n) is 5.77. The number of rotatable bonds is 4. The van der Waals surface area contributed by atoms with Crippen molar-refractivity contribution in [1.82, 2.24) is 10.6 Å². The molecule has 1 saturated carbocycles. The second kappa shape index (κ2) is 5.38.